The number of ether oxygens (including phenoxy) is 4. The van der Waals surface area contributed by atoms with E-state index in [0.717, 1.165) is 26.8 Å². The first-order valence-corrected chi connectivity index (χ1v) is 10.4. The van der Waals surface area contributed by atoms with Gasteiger partial charge in [0.1, 0.15) is 5.75 Å². The molecule has 2 atom stereocenters. The molecule has 0 aliphatic carbocycles. The maximum absolute atomic E-state index is 6.04. The van der Waals surface area contributed by atoms with Crippen LogP contribution in [0.2, 0.25) is 0 Å². The molecular formula is C16H24I2O4. The Morgan fingerprint density at radius 1 is 0.955 bits per heavy atom. The summed E-state index contributed by atoms with van der Waals surface area (Å²) in [7, 11) is 1.67. The van der Waals surface area contributed by atoms with Crippen molar-refractivity contribution in [2.75, 3.05) is 35.8 Å². The maximum atomic E-state index is 6.04. The quantitative estimate of drug-likeness (QED) is 0.232. The van der Waals surface area contributed by atoms with Crippen molar-refractivity contribution in [1.82, 2.24) is 0 Å². The molecule has 0 fully saturated rings. The summed E-state index contributed by atoms with van der Waals surface area (Å²) in [5.41, 5.74) is 1.14. The lowest BCUT2D eigenvalue weighted by Gasteiger charge is -2.24. The molecule has 0 unspecified atom stereocenters. The van der Waals surface area contributed by atoms with Gasteiger partial charge < -0.3 is 18.9 Å². The Kier molecular flexibility index (Phi) is 11.8. The fraction of sp³-hybridized carbons (Fsp3) is 0.625. The smallest absolute Gasteiger partial charge is 0.118 e. The van der Waals surface area contributed by atoms with Gasteiger partial charge >= 0.3 is 0 Å². The largest absolute Gasteiger partial charge is 0.497 e. The summed E-state index contributed by atoms with van der Waals surface area (Å²) < 4.78 is 24.2. The molecule has 0 aliphatic heterocycles. The Hall–Kier alpha value is 0.360. The Bertz CT molecular complexity index is 386. The third-order valence-corrected chi connectivity index (χ3v) is 4.84. The fourth-order valence-corrected chi connectivity index (χ4v) is 3.47. The Morgan fingerprint density at radius 2 is 1.59 bits per heavy atom. The molecule has 0 amide bonds. The van der Waals surface area contributed by atoms with Crippen molar-refractivity contribution in [3.05, 3.63) is 29.8 Å². The molecule has 1 aromatic carbocycles. The summed E-state index contributed by atoms with van der Waals surface area (Å²) in [6.45, 7) is 4.54. The zero-order valence-electron chi connectivity index (χ0n) is 13.1. The SMILES string of the molecule is CCOCCO[C@H](CI)[C@@H](CI)OCc1ccc(OC)cc1. The van der Waals surface area contributed by atoms with Crippen LogP contribution in [0.1, 0.15) is 12.5 Å². The molecule has 0 aromatic heterocycles. The first kappa shape index (κ1) is 20.4. The molecular weight excluding hydrogens is 510 g/mol. The summed E-state index contributed by atoms with van der Waals surface area (Å²) in [4.78, 5) is 0. The lowest BCUT2D eigenvalue weighted by atomic mass is 10.2. The number of hydrogen-bond donors (Lipinski definition) is 0. The number of alkyl halides is 2. The highest BCUT2D eigenvalue weighted by atomic mass is 127. The van der Waals surface area contributed by atoms with E-state index in [4.69, 9.17) is 18.9 Å². The first-order chi connectivity index (χ1) is 10.7. The van der Waals surface area contributed by atoms with E-state index in [1.165, 1.54) is 0 Å². The van der Waals surface area contributed by atoms with E-state index in [-0.39, 0.29) is 12.2 Å². The van der Waals surface area contributed by atoms with Crippen LogP contribution in [0.3, 0.4) is 0 Å². The highest BCUT2D eigenvalue weighted by Crippen LogP contribution is 2.16. The van der Waals surface area contributed by atoms with Crippen molar-refractivity contribution < 1.29 is 18.9 Å². The average molecular weight is 534 g/mol. The van der Waals surface area contributed by atoms with E-state index < -0.39 is 0 Å². The van der Waals surface area contributed by atoms with Gasteiger partial charge in [-0.15, -0.1) is 0 Å². The first-order valence-electron chi connectivity index (χ1n) is 7.30. The monoisotopic (exact) mass is 534 g/mol. The molecule has 4 nitrogen and oxygen atoms in total. The van der Waals surface area contributed by atoms with Gasteiger partial charge in [-0.2, -0.15) is 0 Å². The van der Waals surface area contributed by atoms with Crippen LogP contribution in [0.5, 0.6) is 5.75 Å². The second-order valence-corrected chi connectivity index (χ2v) is 6.37. The van der Waals surface area contributed by atoms with Crippen molar-refractivity contribution in [1.29, 1.82) is 0 Å². The van der Waals surface area contributed by atoms with Crippen molar-refractivity contribution in [2.24, 2.45) is 0 Å². The van der Waals surface area contributed by atoms with Gasteiger partial charge in [-0.1, -0.05) is 57.3 Å². The van der Waals surface area contributed by atoms with Gasteiger partial charge in [-0.3, -0.25) is 0 Å². The van der Waals surface area contributed by atoms with Crippen LogP contribution in [-0.2, 0) is 20.8 Å². The molecule has 0 saturated heterocycles. The third kappa shape index (κ3) is 7.76. The zero-order valence-corrected chi connectivity index (χ0v) is 17.4. The maximum Gasteiger partial charge on any atom is 0.118 e. The zero-order chi connectivity index (χ0) is 16.2. The fourth-order valence-electron chi connectivity index (χ4n) is 1.83. The highest BCUT2D eigenvalue weighted by Gasteiger charge is 2.21. The lowest BCUT2D eigenvalue weighted by Crippen LogP contribution is -2.35. The standard InChI is InChI=1S/C16H24I2O4/c1-3-20-8-9-21-15(10-17)16(11-18)22-12-13-4-6-14(19-2)7-5-13/h4-7,15-16H,3,8-12H2,1-2H3/t15-,16-/m1/s1. The highest BCUT2D eigenvalue weighted by molar-refractivity contribution is 14.1. The number of hydrogen-bond acceptors (Lipinski definition) is 4. The molecule has 0 heterocycles. The Labute approximate surface area is 160 Å². The van der Waals surface area contributed by atoms with E-state index in [0.29, 0.717) is 19.8 Å². The van der Waals surface area contributed by atoms with E-state index in [9.17, 15) is 0 Å². The molecule has 1 rings (SSSR count). The van der Waals surface area contributed by atoms with Crippen LogP contribution in [0, 0.1) is 0 Å². The summed E-state index contributed by atoms with van der Waals surface area (Å²) in [6.07, 6.45) is 0.178. The summed E-state index contributed by atoms with van der Waals surface area (Å²) in [5, 5.41) is 0. The van der Waals surface area contributed by atoms with Gasteiger partial charge in [0, 0.05) is 15.5 Å². The summed E-state index contributed by atoms with van der Waals surface area (Å²) >= 11 is 4.70. The molecule has 22 heavy (non-hydrogen) atoms. The van der Waals surface area contributed by atoms with Crippen LogP contribution in [0.15, 0.2) is 24.3 Å². The predicted molar refractivity (Wildman–Crippen MR) is 106 cm³/mol. The van der Waals surface area contributed by atoms with Gasteiger partial charge in [0.2, 0.25) is 0 Å². The Morgan fingerprint density at radius 3 is 2.14 bits per heavy atom. The third-order valence-electron chi connectivity index (χ3n) is 3.11. The molecule has 0 bridgehead atoms. The number of halogens is 2. The van der Waals surface area contributed by atoms with Gasteiger partial charge in [0.25, 0.3) is 0 Å². The van der Waals surface area contributed by atoms with E-state index in [2.05, 4.69) is 45.2 Å². The molecule has 6 heteroatoms. The summed E-state index contributed by atoms with van der Waals surface area (Å²) in [5.74, 6) is 0.860. The lowest BCUT2D eigenvalue weighted by molar-refractivity contribution is -0.0675. The number of methoxy groups -OCH3 is 1. The van der Waals surface area contributed by atoms with Crippen molar-refractivity contribution in [3.8, 4) is 5.75 Å². The van der Waals surface area contributed by atoms with Crippen LogP contribution in [0.4, 0.5) is 0 Å². The molecule has 0 saturated carbocycles. The van der Waals surface area contributed by atoms with Gasteiger partial charge in [0.05, 0.1) is 39.1 Å². The average Bonchev–Trinajstić information content (AvgIpc) is 2.57. The second kappa shape index (κ2) is 12.7. The van der Waals surface area contributed by atoms with Gasteiger partial charge in [-0.05, 0) is 24.6 Å². The Balaban J connectivity index is 2.43. The topological polar surface area (TPSA) is 36.9 Å². The van der Waals surface area contributed by atoms with E-state index >= 15 is 0 Å². The van der Waals surface area contributed by atoms with Gasteiger partial charge in [-0.25, -0.2) is 0 Å². The van der Waals surface area contributed by atoms with Crippen molar-refractivity contribution >= 4 is 45.2 Å². The van der Waals surface area contributed by atoms with Crippen LogP contribution >= 0.6 is 45.2 Å². The minimum atomic E-state index is 0.0845. The molecule has 0 spiro atoms. The van der Waals surface area contributed by atoms with Crippen molar-refractivity contribution in [3.63, 3.8) is 0 Å². The van der Waals surface area contributed by atoms with Crippen LogP contribution in [0.25, 0.3) is 0 Å². The minimum absolute atomic E-state index is 0.0845. The van der Waals surface area contributed by atoms with E-state index in [1.54, 1.807) is 7.11 Å². The number of rotatable bonds is 12. The van der Waals surface area contributed by atoms with Gasteiger partial charge in [0.15, 0.2) is 0 Å². The van der Waals surface area contributed by atoms with Crippen molar-refractivity contribution in [2.45, 2.75) is 25.7 Å². The van der Waals surface area contributed by atoms with Crippen LogP contribution in [-0.4, -0.2) is 48.0 Å². The molecule has 1 aromatic rings. The van der Waals surface area contributed by atoms with E-state index in [1.807, 2.05) is 31.2 Å². The second-order valence-electron chi connectivity index (χ2n) is 4.61. The molecule has 126 valence electrons. The van der Waals surface area contributed by atoms with Crippen LogP contribution < -0.4 is 4.74 Å². The predicted octanol–water partition coefficient (Wildman–Crippen LogP) is 3.87. The normalized spacial score (nSPS) is 13.8. The molecule has 0 radical (unpaired) electrons. The number of benzene rings is 1. The molecule has 0 aliphatic rings. The minimum Gasteiger partial charge on any atom is -0.497 e. The summed E-state index contributed by atoms with van der Waals surface area (Å²) in [6, 6.07) is 7.95. The molecule has 0 N–H and O–H groups in total.